The van der Waals surface area contributed by atoms with Crippen molar-refractivity contribution >= 4 is 22.0 Å². The molecule has 0 aliphatic carbocycles. The van der Waals surface area contributed by atoms with Crippen molar-refractivity contribution < 1.29 is 26.4 Å². The number of alkyl halides is 3. The number of halogens is 3. The summed E-state index contributed by atoms with van der Waals surface area (Å²) < 4.78 is 65.6. The van der Waals surface area contributed by atoms with E-state index in [4.69, 9.17) is 0 Å². The van der Waals surface area contributed by atoms with Gasteiger partial charge in [-0.3, -0.25) is 4.79 Å². The molecule has 2 aromatic rings. The van der Waals surface area contributed by atoms with E-state index in [1.807, 2.05) is 18.2 Å². The molecule has 1 heterocycles. The third-order valence-electron chi connectivity index (χ3n) is 5.19. The SMILES string of the molecule is O=C(NCc1ccccc1C(F)(F)F)C1CCN(S(=O)(=O)/C=C/c2ccccc2)CC1. The lowest BCUT2D eigenvalue weighted by molar-refractivity contribution is -0.138. The van der Waals surface area contributed by atoms with Crippen molar-refractivity contribution in [3.05, 3.63) is 76.7 Å². The molecule has 0 radical (unpaired) electrons. The third-order valence-corrected chi connectivity index (χ3v) is 6.76. The first-order valence-electron chi connectivity index (χ1n) is 9.83. The summed E-state index contributed by atoms with van der Waals surface area (Å²) in [5.41, 5.74) is -0.0182. The maximum atomic E-state index is 13.1. The Morgan fingerprint density at radius 2 is 1.65 bits per heavy atom. The van der Waals surface area contributed by atoms with E-state index in [2.05, 4.69) is 5.32 Å². The summed E-state index contributed by atoms with van der Waals surface area (Å²) in [6, 6.07) is 14.1. The molecule has 1 N–H and O–H groups in total. The number of hydrogen-bond donors (Lipinski definition) is 1. The number of amides is 1. The lowest BCUT2D eigenvalue weighted by Crippen LogP contribution is -2.42. The predicted octanol–water partition coefficient (Wildman–Crippen LogP) is 4.03. The van der Waals surface area contributed by atoms with E-state index in [1.54, 1.807) is 12.1 Å². The molecule has 9 heteroatoms. The van der Waals surface area contributed by atoms with E-state index in [1.165, 1.54) is 28.6 Å². The Kier molecular flexibility index (Phi) is 7.17. The van der Waals surface area contributed by atoms with Gasteiger partial charge in [-0.1, -0.05) is 48.5 Å². The monoisotopic (exact) mass is 452 g/mol. The van der Waals surface area contributed by atoms with Gasteiger partial charge in [0, 0.05) is 31.0 Å². The molecule has 0 aromatic heterocycles. The standard InChI is InChI=1S/C22H23F3N2O3S/c23-22(24,25)20-9-5-4-8-19(20)16-26-21(28)18-10-13-27(14-11-18)31(29,30)15-12-17-6-2-1-3-7-17/h1-9,12,15,18H,10-11,13-14,16H2,(H,26,28)/b15-12+. The van der Waals surface area contributed by atoms with Gasteiger partial charge in [0.2, 0.25) is 15.9 Å². The number of nitrogens with one attached hydrogen (secondary N) is 1. The number of rotatable bonds is 6. The molecule has 1 fully saturated rings. The summed E-state index contributed by atoms with van der Waals surface area (Å²) in [4.78, 5) is 12.4. The number of piperidine rings is 1. The topological polar surface area (TPSA) is 66.5 Å². The number of nitrogens with zero attached hydrogens (tertiary/aromatic N) is 1. The van der Waals surface area contributed by atoms with Gasteiger partial charge in [-0.25, -0.2) is 8.42 Å². The normalized spacial score (nSPS) is 16.5. The second kappa shape index (κ2) is 9.65. The van der Waals surface area contributed by atoms with E-state index in [-0.39, 0.29) is 31.1 Å². The van der Waals surface area contributed by atoms with E-state index >= 15 is 0 Å². The lowest BCUT2D eigenvalue weighted by Gasteiger charge is -2.29. The molecule has 5 nitrogen and oxygen atoms in total. The van der Waals surface area contributed by atoms with Gasteiger partial charge in [0.05, 0.1) is 5.56 Å². The van der Waals surface area contributed by atoms with Crippen LogP contribution >= 0.6 is 0 Å². The molecule has 0 unspecified atom stereocenters. The largest absolute Gasteiger partial charge is 0.416 e. The highest BCUT2D eigenvalue weighted by Crippen LogP contribution is 2.32. The molecule has 0 saturated carbocycles. The minimum absolute atomic E-state index is 0.00517. The second-order valence-electron chi connectivity index (χ2n) is 7.30. The molecule has 0 atom stereocenters. The average Bonchev–Trinajstić information content (AvgIpc) is 2.76. The van der Waals surface area contributed by atoms with Crippen LogP contribution in [0.1, 0.15) is 29.5 Å². The fraction of sp³-hybridized carbons (Fsp3) is 0.318. The van der Waals surface area contributed by atoms with Crippen LogP contribution in [0.15, 0.2) is 60.0 Å². The minimum atomic E-state index is -4.49. The Morgan fingerprint density at radius 3 is 2.29 bits per heavy atom. The van der Waals surface area contributed by atoms with Crippen LogP contribution in [0, 0.1) is 5.92 Å². The predicted molar refractivity (Wildman–Crippen MR) is 112 cm³/mol. The summed E-state index contributed by atoms with van der Waals surface area (Å²) in [5, 5.41) is 3.71. The highest BCUT2D eigenvalue weighted by Gasteiger charge is 2.33. The van der Waals surface area contributed by atoms with Crippen LogP contribution in [0.2, 0.25) is 0 Å². The summed E-state index contributed by atoms with van der Waals surface area (Å²) >= 11 is 0. The minimum Gasteiger partial charge on any atom is -0.352 e. The first-order chi connectivity index (χ1) is 14.7. The molecular formula is C22H23F3N2O3S. The number of sulfonamides is 1. The van der Waals surface area contributed by atoms with Gasteiger partial charge in [0.25, 0.3) is 0 Å². The quantitative estimate of drug-likeness (QED) is 0.720. The number of carbonyl (C=O) groups is 1. The first-order valence-corrected chi connectivity index (χ1v) is 11.3. The van der Waals surface area contributed by atoms with Crippen LogP contribution in [0.3, 0.4) is 0 Å². The summed E-state index contributed by atoms with van der Waals surface area (Å²) in [7, 11) is -3.61. The molecule has 1 amide bonds. The van der Waals surface area contributed by atoms with Crippen molar-refractivity contribution in [2.75, 3.05) is 13.1 Å². The van der Waals surface area contributed by atoms with E-state index in [0.717, 1.165) is 17.0 Å². The van der Waals surface area contributed by atoms with Crippen molar-refractivity contribution in [2.45, 2.75) is 25.6 Å². The van der Waals surface area contributed by atoms with E-state index in [9.17, 15) is 26.4 Å². The molecule has 1 aliphatic heterocycles. The van der Waals surface area contributed by atoms with Crippen molar-refractivity contribution in [1.82, 2.24) is 9.62 Å². The summed E-state index contributed by atoms with van der Waals surface area (Å²) in [6.45, 7) is 0.129. The zero-order valence-corrected chi connectivity index (χ0v) is 17.5. The van der Waals surface area contributed by atoms with Crippen molar-refractivity contribution in [3.8, 4) is 0 Å². The summed E-state index contributed by atoms with van der Waals surface area (Å²) in [6.07, 6.45) is -2.35. The number of carbonyl (C=O) groups excluding carboxylic acids is 1. The van der Waals surface area contributed by atoms with E-state index in [0.29, 0.717) is 12.8 Å². The van der Waals surface area contributed by atoms with Gasteiger partial charge in [-0.15, -0.1) is 0 Å². The number of benzene rings is 2. The fourth-order valence-electron chi connectivity index (χ4n) is 3.46. The second-order valence-corrected chi connectivity index (χ2v) is 9.12. The molecule has 1 saturated heterocycles. The van der Waals surface area contributed by atoms with Crippen LogP contribution in [-0.2, 0) is 27.5 Å². The van der Waals surface area contributed by atoms with Gasteiger partial charge < -0.3 is 5.32 Å². The van der Waals surface area contributed by atoms with Crippen LogP contribution in [0.5, 0.6) is 0 Å². The molecule has 0 bridgehead atoms. The highest BCUT2D eigenvalue weighted by atomic mass is 32.2. The highest BCUT2D eigenvalue weighted by molar-refractivity contribution is 7.92. The zero-order valence-electron chi connectivity index (χ0n) is 16.7. The Labute approximate surface area is 179 Å². The van der Waals surface area contributed by atoms with Crippen molar-refractivity contribution in [2.24, 2.45) is 5.92 Å². The number of hydrogen-bond acceptors (Lipinski definition) is 3. The molecule has 3 rings (SSSR count). The zero-order chi connectivity index (χ0) is 22.5. The van der Waals surface area contributed by atoms with Crippen LogP contribution in [0.4, 0.5) is 13.2 Å². The molecule has 1 aliphatic rings. The third kappa shape index (κ3) is 6.18. The fourth-order valence-corrected chi connectivity index (χ4v) is 4.69. The summed E-state index contributed by atoms with van der Waals surface area (Å²) in [5.74, 6) is -0.809. The lowest BCUT2D eigenvalue weighted by atomic mass is 9.97. The molecule has 166 valence electrons. The van der Waals surface area contributed by atoms with Gasteiger partial charge in [0.1, 0.15) is 0 Å². The Hall–Kier alpha value is -2.65. The van der Waals surface area contributed by atoms with E-state index < -0.39 is 27.7 Å². The maximum Gasteiger partial charge on any atom is 0.416 e. The van der Waals surface area contributed by atoms with Crippen molar-refractivity contribution in [1.29, 1.82) is 0 Å². The van der Waals surface area contributed by atoms with Crippen LogP contribution < -0.4 is 5.32 Å². The molecule has 2 aromatic carbocycles. The first kappa shape index (κ1) is 23.0. The molecule has 0 spiro atoms. The van der Waals surface area contributed by atoms with Gasteiger partial charge in [-0.2, -0.15) is 17.5 Å². The Balaban J connectivity index is 1.54. The molecular weight excluding hydrogens is 429 g/mol. The van der Waals surface area contributed by atoms with Gasteiger partial charge in [-0.05, 0) is 36.1 Å². The van der Waals surface area contributed by atoms with Gasteiger partial charge in [0.15, 0.2) is 0 Å². The van der Waals surface area contributed by atoms with Crippen molar-refractivity contribution in [3.63, 3.8) is 0 Å². The smallest absolute Gasteiger partial charge is 0.352 e. The average molecular weight is 452 g/mol. The van der Waals surface area contributed by atoms with Crippen LogP contribution in [-0.4, -0.2) is 31.7 Å². The maximum absolute atomic E-state index is 13.1. The van der Waals surface area contributed by atoms with Crippen LogP contribution in [0.25, 0.3) is 6.08 Å². The Bertz CT molecular complexity index is 1030. The molecule has 31 heavy (non-hydrogen) atoms. The Morgan fingerprint density at radius 1 is 1.03 bits per heavy atom. The van der Waals surface area contributed by atoms with Gasteiger partial charge >= 0.3 is 6.18 Å².